The van der Waals surface area contributed by atoms with E-state index in [4.69, 9.17) is 4.42 Å². The molecule has 2 aliphatic heterocycles. The highest BCUT2D eigenvalue weighted by atomic mass is 35.5. The van der Waals surface area contributed by atoms with Gasteiger partial charge in [-0.15, -0.1) is 24.2 Å². The molecule has 3 heterocycles. The number of benzene rings is 1. The molecule has 1 aromatic heterocycles. The van der Waals surface area contributed by atoms with Crippen molar-refractivity contribution >= 4 is 30.1 Å². The molecule has 1 atom stereocenters. The molecule has 2 saturated heterocycles. The highest BCUT2D eigenvalue weighted by Crippen LogP contribution is 2.27. The van der Waals surface area contributed by atoms with Gasteiger partial charge in [-0.25, -0.2) is 0 Å². The van der Waals surface area contributed by atoms with Crippen LogP contribution >= 0.6 is 24.2 Å². The molecule has 0 bridgehead atoms. The number of nitrogens with one attached hydrogen (secondary N) is 1. The Kier molecular flexibility index (Phi) is 7.24. The van der Waals surface area contributed by atoms with Crippen LogP contribution < -0.4 is 5.32 Å². The summed E-state index contributed by atoms with van der Waals surface area (Å²) in [5.41, 5.74) is 0.981. The Bertz CT molecular complexity index is 734. The van der Waals surface area contributed by atoms with Crippen molar-refractivity contribution in [2.24, 2.45) is 0 Å². The van der Waals surface area contributed by atoms with Gasteiger partial charge in [0.2, 0.25) is 0 Å². The molecule has 1 aromatic carbocycles. The number of furan rings is 1. The van der Waals surface area contributed by atoms with Gasteiger partial charge in [0.15, 0.2) is 5.76 Å². The molecule has 146 valence electrons. The predicted octanol–water partition coefficient (Wildman–Crippen LogP) is 3.11. The van der Waals surface area contributed by atoms with E-state index in [9.17, 15) is 4.79 Å². The molecule has 1 N–H and O–H groups in total. The van der Waals surface area contributed by atoms with Crippen LogP contribution in [0.15, 0.2) is 52.0 Å². The van der Waals surface area contributed by atoms with Gasteiger partial charge in [-0.2, -0.15) is 0 Å². The Morgan fingerprint density at radius 2 is 1.93 bits per heavy atom. The first-order valence-corrected chi connectivity index (χ1v) is 10.3. The number of nitrogens with zero attached hydrogens (tertiary/aromatic N) is 2. The number of carbonyl (C=O) groups is 1. The highest BCUT2D eigenvalue weighted by Gasteiger charge is 2.33. The number of hydrogen-bond acceptors (Lipinski definition) is 5. The molecule has 4 rings (SSSR count). The standard InChI is InChI=1S/C20H25N3O2S.ClH/c24-20(23-10-6-17(14-23)22-11-8-21-9-12-22)19-16(7-13-25-19)15-26-18-4-2-1-3-5-18;/h1-5,7,13,17,21H,6,8-12,14-15H2;1H. The zero-order valence-corrected chi connectivity index (χ0v) is 16.9. The minimum Gasteiger partial charge on any atom is -0.459 e. The third-order valence-corrected chi connectivity index (χ3v) is 6.26. The first kappa shape index (κ1) is 20.3. The van der Waals surface area contributed by atoms with Crippen molar-refractivity contribution in [2.75, 3.05) is 39.3 Å². The van der Waals surface area contributed by atoms with Crippen LogP contribution in [0.1, 0.15) is 22.5 Å². The molecule has 0 spiro atoms. The van der Waals surface area contributed by atoms with Gasteiger partial charge in [-0.1, -0.05) is 18.2 Å². The maximum absolute atomic E-state index is 13.0. The molecule has 0 saturated carbocycles. The number of thioether (sulfide) groups is 1. The molecule has 1 amide bonds. The summed E-state index contributed by atoms with van der Waals surface area (Å²) < 4.78 is 5.58. The first-order chi connectivity index (χ1) is 12.8. The number of carbonyl (C=O) groups excluding carboxylic acids is 1. The second-order valence-electron chi connectivity index (χ2n) is 6.86. The first-order valence-electron chi connectivity index (χ1n) is 9.29. The maximum atomic E-state index is 13.0. The Hall–Kier alpha value is -1.47. The van der Waals surface area contributed by atoms with Crippen molar-refractivity contribution in [3.63, 3.8) is 0 Å². The van der Waals surface area contributed by atoms with Crippen LogP contribution in [-0.4, -0.2) is 61.0 Å². The van der Waals surface area contributed by atoms with Crippen molar-refractivity contribution in [1.82, 2.24) is 15.1 Å². The number of piperazine rings is 1. The number of likely N-dealkylation sites (tertiary alicyclic amines) is 1. The summed E-state index contributed by atoms with van der Waals surface area (Å²) in [7, 11) is 0. The van der Waals surface area contributed by atoms with Gasteiger partial charge in [0.25, 0.3) is 5.91 Å². The van der Waals surface area contributed by atoms with Crippen LogP contribution in [0.2, 0.25) is 0 Å². The van der Waals surface area contributed by atoms with Gasteiger partial charge in [0.1, 0.15) is 0 Å². The van der Waals surface area contributed by atoms with E-state index in [0.29, 0.717) is 11.8 Å². The van der Waals surface area contributed by atoms with Gasteiger partial charge in [-0.3, -0.25) is 9.69 Å². The van der Waals surface area contributed by atoms with Crippen molar-refractivity contribution in [1.29, 1.82) is 0 Å². The molecule has 2 aliphatic rings. The lowest BCUT2D eigenvalue weighted by atomic mass is 10.2. The smallest absolute Gasteiger partial charge is 0.289 e. The van der Waals surface area contributed by atoms with E-state index < -0.39 is 0 Å². The Morgan fingerprint density at radius 1 is 1.15 bits per heavy atom. The van der Waals surface area contributed by atoms with E-state index in [1.54, 1.807) is 18.0 Å². The maximum Gasteiger partial charge on any atom is 0.289 e. The lowest BCUT2D eigenvalue weighted by Crippen LogP contribution is -2.49. The summed E-state index contributed by atoms with van der Waals surface area (Å²) in [5.74, 6) is 1.29. The fraction of sp³-hybridized carbons (Fsp3) is 0.450. The highest BCUT2D eigenvalue weighted by molar-refractivity contribution is 7.98. The summed E-state index contributed by atoms with van der Waals surface area (Å²) in [6.45, 7) is 5.87. The van der Waals surface area contributed by atoms with Gasteiger partial charge in [0, 0.05) is 61.5 Å². The lowest BCUT2D eigenvalue weighted by molar-refractivity contribution is 0.0741. The molecule has 2 fully saturated rings. The van der Waals surface area contributed by atoms with E-state index in [1.165, 1.54) is 4.90 Å². The molecule has 0 aliphatic carbocycles. The van der Waals surface area contributed by atoms with Crippen molar-refractivity contribution in [3.8, 4) is 0 Å². The molecular weight excluding hydrogens is 382 g/mol. The van der Waals surface area contributed by atoms with Gasteiger partial charge in [-0.05, 0) is 24.6 Å². The molecule has 2 aromatic rings. The quantitative estimate of drug-likeness (QED) is 0.772. The van der Waals surface area contributed by atoms with E-state index >= 15 is 0 Å². The normalized spacial score (nSPS) is 20.4. The summed E-state index contributed by atoms with van der Waals surface area (Å²) in [6.07, 6.45) is 2.69. The Labute approximate surface area is 170 Å². The number of halogens is 1. The van der Waals surface area contributed by atoms with Crippen molar-refractivity contribution in [2.45, 2.75) is 23.1 Å². The molecule has 27 heavy (non-hydrogen) atoms. The van der Waals surface area contributed by atoms with E-state index in [0.717, 1.165) is 57.0 Å². The van der Waals surface area contributed by atoms with Crippen LogP contribution in [0.3, 0.4) is 0 Å². The third kappa shape index (κ3) is 4.88. The zero-order valence-electron chi connectivity index (χ0n) is 15.3. The second-order valence-corrected chi connectivity index (χ2v) is 7.91. The largest absolute Gasteiger partial charge is 0.459 e. The van der Waals surface area contributed by atoms with Crippen LogP contribution in [0.4, 0.5) is 0 Å². The third-order valence-electron chi connectivity index (χ3n) is 5.20. The fourth-order valence-electron chi connectivity index (χ4n) is 3.73. The van der Waals surface area contributed by atoms with E-state index in [-0.39, 0.29) is 18.3 Å². The molecule has 7 heteroatoms. The SMILES string of the molecule is Cl.O=C(c1occc1CSc1ccccc1)N1CCC(N2CCNCC2)C1. The number of hydrogen-bond donors (Lipinski definition) is 1. The van der Waals surface area contributed by atoms with Crippen LogP contribution in [0, 0.1) is 0 Å². The average Bonchev–Trinajstić information content (AvgIpc) is 3.37. The lowest BCUT2D eigenvalue weighted by Gasteiger charge is -2.32. The minimum absolute atomic E-state index is 0. The second kappa shape index (κ2) is 9.64. The van der Waals surface area contributed by atoms with Crippen molar-refractivity contribution in [3.05, 3.63) is 54.0 Å². The Morgan fingerprint density at radius 3 is 2.70 bits per heavy atom. The molecular formula is C20H26ClN3O2S. The fourth-order valence-corrected chi connectivity index (χ4v) is 4.63. The van der Waals surface area contributed by atoms with Gasteiger partial charge in [0.05, 0.1) is 6.26 Å². The van der Waals surface area contributed by atoms with E-state index in [2.05, 4.69) is 22.3 Å². The van der Waals surface area contributed by atoms with Crippen molar-refractivity contribution < 1.29 is 9.21 Å². The summed E-state index contributed by atoms with van der Waals surface area (Å²) in [6, 6.07) is 12.7. The molecule has 0 radical (unpaired) electrons. The molecule has 5 nitrogen and oxygen atoms in total. The summed E-state index contributed by atoms with van der Waals surface area (Å²) in [4.78, 5) is 18.6. The Balaban J connectivity index is 0.00000210. The van der Waals surface area contributed by atoms with Crippen LogP contribution in [0.25, 0.3) is 0 Å². The van der Waals surface area contributed by atoms with E-state index in [1.807, 2.05) is 29.2 Å². The molecule has 1 unspecified atom stereocenters. The number of rotatable bonds is 5. The summed E-state index contributed by atoms with van der Waals surface area (Å²) >= 11 is 1.73. The van der Waals surface area contributed by atoms with Crippen LogP contribution in [0.5, 0.6) is 0 Å². The zero-order chi connectivity index (χ0) is 17.8. The van der Waals surface area contributed by atoms with Gasteiger partial charge < -0.3 is 14.6 Å². The summed E-state index contributed by atoms with van der Waals surface area (Å²) in [5, 5.41) is 3.39. The predicted molar refractivity (Wildman–Crippen MR) is 111 cm³/mol. The monoisotopic (exact) mass is 407 g/mol. The topological polar surface area (TPSA) is 48.7 Å². The minimum atomic E-state index is 0. The number of amides is 1. The van der Waals surface area contributed by atoms with Gasteiger partial charge >= 0.3 is 0 Å². The van der Waals surface area contributed by atoms with Crippen LogP contribution in [-0.2, 0) is 5.75 Å². The average molecular weight is 408 g/mol.